The van der Waals surface area contributed by atoms with Gasteiger partial charge < -0.3 is 14.5 Å². The summed E-state index contributed by atoms with van der Waals surface area (Å²) in [7, 11) is 0. The number of amides is 1. The highest BCUT2D eigenvalue weighted by atomic mass is 16.5. The number of anilines is 1. The van der Waals surface area contributed by atoms with Crippen molar-refractivity contribution < 1.29 is 18.7 Å². The lowest BCUT2D eigenvalue weighted by atomic mass is 10.1. The van der Waals surface area contributed by atoms with Crippen LogP contribution in [0.3, 0.4) is 0 Å². The topological polar surface area (TPSA) is 92.3 Å². The van der Waals surface area contributed by atoms with Crippen molar-refractivity contribution in [3.8, 4) is 6.07 Å². The summed E-state index contributed by atoms with van der Waals surface area (Å²) in [4.78, 5) is 23.1. The fourth-order valence-electron chi connectivity index (χ4n) is 1.59. The Balaban J connectivity index is 1.82. The minimum Gasteiger partial charge on any atom is -0.457 e. The first-order valence-electron chi connectivity index (χ1n) is 6.15. The second kappa shape index (κ2) is 6.91. The quantitative estimate of drug-likeness (QED) is 0.849. The maximum Gasteiger partial charge on any atom is 0.374 e. The summed E-state index contributed by atoms with van der Waals surface area (Å²) in [6, 6.07) is 11.9. The first-order valence-corrected chi connectivity index (χ1v) is 6.15. The number of carbonyl (C=O) groups excluding carboxylic acids is 2. The van der Waals surface area contributed by atoms with Gasteiger partial charge in [0.1, 0.15) is 0 Å². The molecule has 0 aliphatic rings. The first-order chi connectivity index (χ1) is 10.2. The maximum absolute atomic E-state index is 11.6. The molecule has 106 valence electrons. The van der Waals surface area contributed by atoms with Crippen LogP contribution in [-0.4, -0.2) is 18.5 Å². The number of nitriles is 1. The zero-order valence-electron chi connectivity index (χ0n) is 11.0. The molecule has 6 heteroatoms. The van der Waals surface area contributed by atoms with Gasteiger partial charge in [0, 0.05) is 5.69 Å². The SMILES string of the molecule is N#CCc1ccc(NC(=O)COC(=O)c2ccco2)cc1. The molecule has 1 aromatic carbocycles. The molecule has 2 aromatic rings. The molecule has 21 heavy (non-hydrogen) atoms. The zero-order valence-corrected chi connectivity index (χ0v) is 11.0. The van der Waals surface area contributed by atoms with Gasteiger partial charge in [-0.2, -0.15) is 5.26 Å². The lowest BCUT2D eigenvalue weighted by Crippen LogP contribution is -2.20. The fourth-order valence-corrected chi connectivity index (χ4v) is 1.59. The molecule has 1 amide bonds. The number of hydrogen-bond donors (Lipinski definition) is 1. The number of rotatable bonds is 5. The molecule has 0 radical (unpaired) electrons. The van der Waals surface area contributed by atoms with E-state index in [1.807, 2.05) is 6.07 Å². The summed E-state index contributed by atoms with van der Waals surface area (Å²) in [5.74, 6) is -1.11. The van der Waals surface area contributed by atoms with Gasteiger partial charge in [0.2, 0.25) is 5.76 Å². The van der Waals surface area contributed by atoms with Gasteiger partial charge in [-0.15, -0.1) is 0 Å². The molecule has 0 aliphatic heterocycles. The summed E-state index contributed by atoms with van der Waals surface area (Å²) >= 11 is 0. The van der Waals surface area contributed by atoms with Crippen LogP contribution in [0, 0.1) is 11.3 Å². The Hall–Kier alpha value is -3.07. The average Bonchev–Trinajstić information content (AvgIpc) is 3.01. The molecule has 0 unspecified atom stereocenters. The van der Waals surface area contributed by atoms with Gasteiger partial charge in [0.05, 0.1) is 18.8 Å². The third-order valence-corrected chi connectivity index (χ3v) is 2.58. The van der Waals surface area contributed by atoms with Crippen LogP contribution >= 0.6 is 0 Å². The summed E-state index contributed by atoms with van der Waals surface area (Å²) in [6.45, 7) is -0.403. The van der Waals surface area contributed by atoms with Crippen molar-refractivity contribution >= 4 is 17.6 Å². The van der Waals surface area contributed by atoms with Gasteiger partial charge in [-0.25, -0.2) is 4.79 Å². The van der Waals surface area contributed by atoms with E-state index in [2.05, 4.69) is 5.32 Å². The Labute approximate surface area is 120 Å². The van der Waals surface area contributed by atoms with E-state index in [0.29, 0.717) is 12.1 Å². The summed E-state index contributed by atoms with van der Waals surface area (Å²) < 4.78 is 9.64. The van der Waals surface area contributed by atoms with E-state index < -0.39 is 18.5 Å². The molecule has 0 saturated heterocycles. The van der Waals surface area contributed by atoms with Crippen molar-refractivity contribution in [3.05, 3.63) is 54.0 Å². The number of ether oxygens (including phenoxy) is 1. The van der Waals surface area contributed by atoms with E-state index >= 15 is 0 Å². The molecular formula is C15H12N2O4. The molecule has 0 aliphatic carbocycles. The number of nitrogens with zero attached hydrogens (tertiary/aromatic N) is 1. The Morgan fingerprint density at radius 2 is 2.00 bits per heavy atom. The van der Waals surface area contributed by atoms with Crippen LogP contribution in [0.25, 0.3) is 0 Å². The largest absolute Gasteiger partial charge is 0.457 e. The van der Waals surface area contributed by atoms with Crippen molar-refractivity contribution in [1.82, 2.24) is 0 Å². The van der Waals surface area contributed by atoms with E-state index in [9.17, 15) is 9.59 Å². The van der Waals surface area contributed by atoms with Gasteiger partial charge in [-0.05, 0) is 29.8 Å². The Morgan fingerprint density at radius 1 is 1.24 bits per heavy atom. The van der Waals surface area contributed by atoms with E-state index in [0.717, 1.165) is 5.56 Å². The van der Waals surface area contributed by atoms with Crippen molar-refractivity contribution in [2.24, 2.45) is 0 Å². The van der Waals surface area contributed by atoms with Crippen molar-refractivity contribution in [2.75, 3.05) is 11.9 Å². The van der Waals surface area contributed by atoms with Crippen molar-refractivity contribution in [3.63, 3.8) is 0 Å². The highest BCUT2D eigenvalue weighted by Gasteiger charge is 2.12. The molecular weight excluding hydrogens is 272 g/mol. The number of carbonyl (C=O) groups is 2. The zero-order chi connectivity index (χ0) is 15.1. The van der Waals surface area contributed by atoms with Crippen LogP contribution in [0.2, 0.25) is 0 Å². The van der Waals surface area contributed by atoms with Crippen LogP contribution in [-0.2, 0) is 16.0 Å². The summed E-state index contributed by atoms with van der Waals surface area (Å²) in [5, 5.41) is 11.1. The van der Waals surface area contributed by atoms with Crippen LogP contribution in [0.1, 0.15) is 16.1 Å². The Bertz CT molecular complexity index is 654. The van der Waals surface area contributed by atoms with Crippen LogP contribution in [0.4, 0.5) is 5.69 Å². The standard InChI is InChI=1S/C15H12N2O4/c16-8-7-11-3-5-12(6-4-11)17-14(18)10-21-15(19)13-2-1-9-20-13/h1-6,9H,7,10H2,(H,17,18). The molecule has 2 rings (SSSR count). The van der Waals surface area contributed by atoms with E-state index in [4.69, 9.17) is 14.4 Å². The van der Waals surface area contributed by atoms with Crippen molar-refractivity contribution in [2.45, 2.75) is 6.42 Å². The average molecular weight is 284 g/mol. The Kier molecular flexibility index (Phi) is 4.72. The predicted octanol–water partition coefficient (Wildman–Crippen LogP) is 2.14. The Morgan fingerprint density at radius 3 is 2.62 bits per heavy atom. The van der Waals surface area contributed by atoms with Crippen LogP contribution < -0.4 is 5.32 Å². The van der Waals surface area contributed by atoms with Crippen molar-refractivity contribution in [1.29, 1.82) is 5.26 Å². The number of esters is 1. The van der Waals surface area contributed by atoms with Gasteiger partial charge in [0.15, 0.2) is 6.61 Å². The minimum absolute atomic E-state index is 0.0451. The van der Waals surface area contributed by atoms with E-state index in [1.54, 1.807) is 30.3 Å². The van der Waals surface area contributed by atoms with Crippen LogP contribution in [0.15, 0.2) is 47.1 Å². The highest BCUT2D eigenvalue weighted by Crippen LogP contribution is 2.10. The third kappa shape index (κ3) is 4.21. The van der Waals surface area contributed by atoms with E-state index in [1.165, 1.54) is 12.3 Å². The second-order valence-electron chi connectivity index (χ2n) is 4.13. The molecule has 1 aromatic heterocycles. The third-order valence-electron chi connectivity index (χ3n) is 2.58. The van der Waals surface area contributed by atoms with Gasteiger partial charge in [-0.1, -0.05) is 12.1 Å². The predicted molar refractivity (Wildman–Crippen MR) is 73.4 cm³/mol. The number of benzene rings is 1. The molecule has 0 bridgehead atoms. The van der Waals surface area contributed by atoms with Gasteiger partial charge >= 0.3 is 5.97 Å². The number of nitrogens with one attached hydrogen (secondary N) is 1. The van der Waals surface area contributed by atoms with Gasteiger partial charge in [-0.3, -0.25) is 4.79 Å². The molecule has 0 spiro atoms. The van der Waals surface area contributed by atoms with Crippen LogP contribution in [0.5, 0.6) is 0 Å². The smallest absolute Gasteiger partial charge is 0.374 e. The minimum atomic E-state index is -0.695. The fraction of sp³-hybridized carbons (Fsp3) is 0.133. The lowest BCUT2D eigenvalue weighted by molar-refractivity contribution is -0.119. The number of hydrogen-bond acceptors (Lipinski definition) is 5. The molecule has 0 fully saturated rings. The molecule has 0 saturated carbocycles. The van der Waals surface area contributed by atoms with Gasteiger partial charge in [0.25, 0.3) is 5.91 Å². The number of furan rings is 1. The normalized spacial score (nSPS) is 9.67. The molecule has 6 nitrogen and oxygen atoms in total. The maximum atomic E-state index is 11.6. The first kappa shape index (κ1) is 14.3. The molecule has 0 atom stereocenters. The summed E-state index contributed by atoms with van der Waals surface area (Å²) in [6.07, 6.45) is 1.66. The monoisotopic (exact) mass is 284 g/mol. The lowest BCUT2D eigenvalue weighted by Gasteiger charge is -2.06. The summed E-state index contributed by atoms with van der Waals surface area (Å²) in [5.41, 5.74) is 1.43. The second-order valence-corrected chi connectivity index (χ2v) is 4.13. The molecule has 1 N–H and O–H groups in total. The molecule has 1 heterocycles. The highest BCUT2D eigenvalue weighted by molar-refractivity contribution is 5.94. The van der Waals surface area contributed by atoms with E-state index in [-0.39, 0.29) is 5.76 Å².